The van der Waals surface area contributed by atoms with Crippen molar-refractivity contribution in [1.29, 1.82) is 0 Å². The monoisotopic (exact) mass is 339 g/mol. The molecule has 5 rings (SSSR count). The second kappa shape index (κ2) is 4.96. The zero-order valence-corrected chi connectivity index (χ0v) is 15.0. The summed E-state index contributed by atoms with van der Waals surface area (Å²) >= 11 is 0. The molecule has 0 N–H and O–H groups in total. The summed E-state index contributed by atoms with van der Waals surface area (Å²) in [4.78, 5) is 0.432. The Hall–Kier alpha value is -2.07. The van der Waals surface area contributed by atoms with Crippen LogP contribution in [-0.4, -0.2) is 14.5 Å². The van der Waals surface area contributed by atoms with E-state index in [4.69, 9.17) is 0 Å². The second-order valence-electron chi connectivity index (χ2n) is 6.97. The summed E-state index contributed by atoms with van der Waals surface area (Å²) in [5, 5.41) is 0. The molecule has 0 aromatic heterocycles. The Bertz CT molecular complexity index is 952. The lowest BCUT2D eigenvalue weighted by atomic mass is 9.68. The van der Waals surface area contributed by atoms with Crippen molar-refractivity contribution in [3.8, 4) is 0 Å². The first-order valence-electron chi connectivity index (χ1n) is 8.22. The molecule has 2 aromatic carbocycles. The van der Waals surface area contributed by atoms with Gasteiger partial charge in [0.2, 0.25) is 0 Å². The molecule has 3 nitrogen and oxygen atoms in total. The van der Waals surface area contributed by atoms with Crippen molar-refractivity contribution in [2.24, 2.45) is 0 Å². The van der Waals surface area contributed by atoms with Crippen LogP contribution in [0.2, 0.25) is 0 Å². The van der Waals surface area contributed by atoms with E-state index in [1.807, 2.05) is 57.2 Å². The molecule has 1 aliphatic carbocycles. The van der Waals surface area contributed by atoms with Crippen molar-refractivity contribution in [3.05, 3.63) is 70.8 Å². The van der Waals surface area contributed by atoms with Gasteiger partial charge in [-0.05, 0) is 55.5 Å². The van der Waals surface area contributed by atoms with E-state index in [0.29, 0.717) is 10.8 Å². The summed E-state index contributed by atoms with van der Waals surface area (Å²) in [6.45, 7) is 9.90. The van der Waals surface area contributed by atoms with E-state index in [1.54, 1.807) is 4.31 Å². The minimum Gasteiger partial charge on any atom is -0.259 e. The third-order valence-electron chi connectivity index (χ3n) is 5.29. The van der Waals surface area contributed by atoms with Crippen LogP contribution < -0.4 is 4.31 Å². The van der Waals surface area contributed by atoms with Crippen LogP contribution >= 0.6 is 0 Å². The van der Waals surface area contributed by atoms with E-state index in [9.17, 15) is 8.42 Å². The van der Waals surface area contributed by atoms with E-state index < -0.39 is 10.0 Å². The second-order valence-corrected chi connectivity index (χ2v) is 8.72. The first kappa shape index (κ1) is 15.5. The SMILES string of the molecule is C=C1C2CC1N(S(=O)(=O)c1c(C)cc(C)cc1C)c1ccccc12. The van der Waals surface area contributed by atoms with Gasteiger partial charge in [-0.25, -0.2) is 8.42 Å². The van der Waals surface area contributed by atoms with Crippen molar-refractivity contribution in [2.75, 3.05) is 4.31 Å². The number of hydrogen-bond donors (Lipinski definition) is 0. The van der Waals surface area contributed by atoms with Crippen LogP contribution in [0.1, 0.15) is 34.6 Å². The van der Waals surface area contributed by atoms with Crippen LogP contribution in [0, 0.1) is 20.8 Å². The molecule has 4 heteroatoms. The Balaban J connectivity index is 1.95. The summed E-state index contributed by atoms with van der Waals surface area (Å²) in [5.41, 5.74) is 5.59. The molecule has 1 saturated carbocycles. The minimum atomic E-state index is -3.63. The quantitative estimate of drug-likeness (QED) is 0.768. The molecular weight excluding hydrogens is 318 g/mol. The molecule has 1 fully saturated rings. The lowest BCUT2D eigenvalue weighted by Gasteiger charge is -2.51. The van der Waals surface area contributed by atoms with Crippen molar-refractivity contribution in [2.45, 2.75) is 44.0 Å². The highest BCUT2D eigenvalue weighted by Gasteiger charge is 2.50. The minimum absolute atomic E-state index is 0.116. The molecule has 2 aromatic rings. The Morgan fingerprint density at radius 1 is 1.08 bits per heavy atom. The van der Waals surface area contributed by atoms with Crippen molar-refractivity contribution in [1.82, 2.24) is 0 Å². The highest BCUT2D eigenvalue weighted by atomic mass is 32.2. The predicted octanol–water partition coefficient (Wildman–Crippen LogP) is 4.23. The highest BCUT2D eigenvalue weighted by Crippen LogP contribution is 2.55. The van der Waals surface area contributed by atoms with Crippen LogP contribution in [0.4, 0.5) is 5.69 Å². The smallest absolute Gasteiger partial charge is 0.259 e. The number of benzene rings is 2. The van der Waals surface area contributed by atoms with Gasteiger partial charge in [0.15, 0.2) is 0 Å². The van der Waals surface area contributed by atoms with Gasteiger partial charge in [-0.3, -0.25) is 4.31 Å². The molecule has 124 valence electrons. The Morgan fingerprint density at radius 2 is 1.71 bits per heavy atom. The number of anilines is 1. The summed E-state index contributed by atoms with van der Waals surface area (Å²) in [6.07, 6.45) is 0.832. The van der Waals surface area contributed by atoms with Crippen LogP contribution in [-0.2, 0) is 10.0 Å². The normalized spacial score (nSPS) is 22.1. The highest BCUT2D eigenvalue weighted by molar-refractivity contribution is 7.93. The van der Waals surface area contributed by atoms with Gasteiger partial charge in [0.05, 0.1) is 16.6 Å². The molecule has 2 bridgehead atoms. The van der Waals surface area contributed by atoms with Gasteiger partial charge in [0.1, 0.15) is 0 Å². The van der Waals surface area contributed by atoms with E-state index >= 15 is 0 Å². The largest absolute Gasteiger partial charge is 0.265 e. The lowest BCUT2D eigenvalue weighted by Crippen LogP contribution is -2.53. The van der Waals surface area contributed by atoms with Crippen LogP contribution in [0.5, 0.6) is 0 Å². The number of nitrogens with zero attached hydrogens (tertiary/aromatic N) is 1. The predicted molar refractivity (Wildman–Crippen MR) is 97.0 cm³/mol. The molecule has 2 aliphatic heterocycles. The van der Waals surface area contributed by atoms with E-state index in [1.165, 1.54) is 0 Å². The van der Waals surface area contributed by atoms with Crippen LogP contribution in [0.25, 0.3) is 0 Å². The topological polar surface area (TPSA) is 37.4 Å². The molecule has 0 spiro atoms. The van der Waals surface area contributed by atoms with Gasteiger partial charge in [-0.15, -0.1) is 0 Å². The van der Waals surface area contributed by atoms with Crippen molar-refractivity contribution >= 4 is 15.7 Å². The third kappa shape index (κ3) is 1.92. The maximum atomic E-state index is 13.6. The average Bonchev–Trinajstić information content (AvgIpc) is 2.51. The number of rotatable bonds is 2. The molecule has 0 radical (unpaired) electrons. The van der Waals surface area contributed by atoms with Gasteiger partial charge in [0, 0.05) is 5.92 Å². The van der Waals surface area contributed by atoms with E-state index in [2.05, 4.69) is 6.58 Å². The summed E-state index contributed by atoms with van der Waals surface area (Å²) in [6, 6.07) is 11.6. The number of hydrogen-bond acceptors (Lipinski definition) is 2. The van der Waals surface area contributed by atoms with E-state index in [0.717, 1.165) is 39.9 Å². The number of aryl methyl sites for hydroxylation is 3. The zero-order valence-electron chi connectivity index (χ0n) is 14.2. The molecule has 24 heavy (non-hydrogen) atoms. The molecule has 0 amide bonds. The Kier molecular flexibility index (Phi) is 3.20. The lowest BCUT2D eigenvalue weighted by molar-refractivity contribution is 0.455. The van der Waals surface area contributed by atoms with Gasteiger partial charge < -0.3 is 0 Å². The van der Waals surface area contributed by atoms with Crippen molar-refractivity contribution in [3.63, 3.8) is 0 Å². The first-order chi connectivity index (χ1) is 11.3. The fraction of sp³-hybridized carbons (Fsp3) is 0.300. The fourth-order valence-corrected chi connectivity index (χ4v) is 6.40. The fourth-order valence-electron chi connectivity index (χ4n) is 4.29. The van der Waals surface area contributed by atoms with E-state index in [-0.39, 0.29) is 6.04 Å². The maximum Gasteiger partial charge on any atom is 0.265 e. The zero-order chi connectivity index (χ0) is 17.2. The third-order valence-corrected chi connectivity index (χ3v) is 7.42. The molecule has 2 unspecified atom stereocenters. The number of para-hydroxylation sites is 1. The van der Waals surface area contributed by atoms with Crippen molar-refractivity contribution < 1.29 is 8.42 Å². The summed E-state index contributed by atoms with van der Waals surface area (Å²) in [7, 11) is -3.63. The Labute approximate surface area is 143 Å². The number of sulfonamides is 1. The first-order valence-corrected chi connectivity index (χ1v) is 9.66. The Morgan fingerprint density at radius 3 is 2.33 bits per heavy atom. The van der Waals surface area contributed by atoms with Gasteiger partial charge in [-0.1, -0.05) is 42.5 Å². The van der Waals surface area contributed by atoms with Crippen LogP contribution in [0.3, 0.4) is 0 Å². The summed E-state index contributed by atoms with van der Waals surface area (Å²) < 4.78 is 28.7. The maximum absolute atomic E-state index is 13.6. The average molecular weight is 339 g/mol. The molecule has 2 atom stereocenters. The molecule has 3 aliphatic rings. The van der Waals surface area contributed by atoms with Gasteiger partial charge >= 0.3 is 0 Å². The molecular formula is C20H21NO2S. The molecule has 0 saturated heterocycles. The van der Waals surface area contributed by atoms with Crippen LogP contribution in [0.15, 0.2) is 53.4 Å². The molecule has 2 heterocycles. The van der Waals surface area contributed by atoms with Gasteiger partial charge in [-0.2, -0.15) is 0 Å². The summed E-state index contributed by atoms with van der Waals surface area (Å²) in [5.74, 6) is 0.304. The standard InChI is InChI=1S/C20H21NO2S/c1-12-9-13(2)20(14(3)10-12)24(22,23)21-18-8-6-5-7-16(18)17-11-19(21)15(17)4/h5-10,17,19H,4,11H2,1-3H3. The van der Waals surface area contributed by atoms with Gasteiger partial charge in [0.25, 0.3) is 10.0 Å².